The van der Waals surface area contributed by atoms with Gasteiger partial charge in [0, 0.05) is 0 Å². The minimum Gasteiger partial charge on any atom is -0.172 e. The molecule has 0 radical (unpaired) electrons. The highest BCUT2D eigenvalue weighted by Crippen LogP contribution is 2.01. The quantitative estimate of drug-likeness (QED) is 0.282. The summed E-state index contributed by atoms with van der Waals surface area (Å²) >= 11 is 0. The van der Waals surface area contributed by atoms with E-state index in [9.17, 15) is 0 Å². The highest BCUT2D eigenvalue weighted by Gasteiger charge is 1.93. The van der Waals surface area contributed by atoms with Crippen LogP contribution in [0.3, 0.4) is 0 Å². The van der Waals surface area contributed by atoms with Crippen molar-refractivity contribution in [1.82, 2.24) is 0 Å². The molecule has 0 N–H and O–H groups in total. The molecule has 1 aromatic carbocycles. The van der Waals surface area contributed by atoms with Crippen LogP contribution < -0.4 is 0 Å². The molecule has 3 heteroatoms. The lowest BCUT2D eigenvalue weighted by Crippen LogP contribution is -1.91. The molecule has 106 valence electrons. The molecule has 0 aliphatic heterocycles. The van der Waals surface area contributed by atoms with Crippen molar-refractivity contribution in [3.63, 3.8) is 0 Å². The molecule has 0 aliphatic carbocycles. The second-order valence-corrected chi connectivity index (χ2v) is 4.40. The van der Waals surface area contributed by atoms with Crippen LogP contribution >= 0.6 is 0 Å². The van der Waals surface area contributed by atoms with E-state index in [1.165, 1.54) is 32.1 Å². The Labute approximate surface area is 117 Å². The molecule has 0 heterocycles. The van der Waals surface area contributed by atoms with Crippen molar-refractivity contribution in [2.24, 2.45) is 15.4 Å². The van der Waals surface area contributed by atoms with Gasteiger partial charge in [0.15, 0.2) is 0 Å². The Balaban J connectivity index is 0.000000399. The van der Waals surface area contributed by atoms with E-state index in [1.54, 1.807) is 7.05 Å². The maximum Gasteiger partial charge on any atom is 0.0689 e. The van der Waals surface area contributed by atoms with E-state index in [1.807, 2.05) is 37.3 Å². The summed E-state index contributed by atoms with van der Waals surface area (Å²) in [4.78, 5) is 0. The van der Waals surface area contributed by atoms with E-state index in [4.69, 9.17) is 0 Å². The van der Waals surface area contributed by atoms with Gasteiger partial charge in [-0.2, -0.15) is 5.11 Å². The molecule has 0 amide bonds. The Kier molecular flexibility index (Phi) is 11.9. The van der Waals surface area contributed by atoms with Gasteiger partial charge in [0.2, 0.25) is 0 Å². The first-order valence-electron chi connectivity index (χ1n) is 7.15. The first-order chi connectivity index (χ1) is 9.26. The monoisotopic (exact) mass is 261 g/mol. The molecule has 19 heavy (non-hydrogen) atoms. The van der Waals surface area contributed by atoms with Crippen LogP contribution in [0.1, 0.15) is 58.4 Å². The molecule has 1 rings (SSSR count). The van der Waals surface area contributed by atoms with Gasteiger partial charge < -0.3 is 0 Å². The molecule has 0 spiro atoms. The zero-order chi connectivity index (χ0) is 14.3. The summed E-state index contributed by atoms with van der Waals surface area (Å²) in [6.07, 6.45) is 7.01. The van der Waals surface area contributed by atoms with E-state index >= 15 is 0 Å². The molecular weight excluding hydrogens is 234 g/mol. The molecule has 0 unspecified atom stereocenters. The van der Waals surface area contributed by atoms with Gasteiger partial charge in [-0.15, -0.1) is 5.10 Å². The lowest BCUT2D eigenvalue weighted by molar-refractivity contribution is 0.656. The highest BCUT2D eigenvalue weighted by atomic mass is 15.4. The molecule has 0 aliphatic rings. The Hall–Kier alpha value is -1.51. The minimum atomic E-state index is 0.876. The first kappa shape index (κ1) is 17.5. The largest absolute Gasteiger partial charge is 0.172 e. The van der Waals surface area contributed by atoms with Crippen molar-refractivity contribution in [1.29, 1.82) is 0 Å². The molecule has 0 fully saturated rings. The van der Waals surface area contributed by atoms with Gasteiger partial charge in [0.05, 0.1) is 12.8 Å². The average molecular weight is 261 g/mol. The zero-order valence-electron chi connectivity index (χ0n) is 12.8. The van der Waals surface area contributed by atoms with Crippen LogP contribution in [0.4, 0.5) is 0 Å². The van der Waals surface area contributed by atoms with Crippen LogP contribution in [0.2, 0.25) is 0 Å². The first-order valence-corrected chi connectivity index (χ1v) is 7.15. The van der Waals surface area contributed by atoms with E-state index in [2.05, 4.69) is 29.3 Å². The van der Waals surface area contributed by atoms with Gasteiger partial charge >= 0.3 is 0 Å². The van der Waals surface area contributed by atoms with Gasteiger partial charge in [0.25, 0.3) is 0 Å². The number of hydrogen-bond donors (Lipinski definition) is 0. The predicted molar refractivity (Wildman–Crippen MR) is 83.9 cm³/mol. The summed E-state index contributed by atoms with van der Waals surface area (Å²) in [5.41, 5.74) is 1.95. The summed E-state index contributed by atoms with van der Waals surface area (Å²) in [6.45, 7) is 6.40. The molecule has 0 atom stereocenters. The Bertz CT molecular complexity index is 352. The van der Waals surface area contributed by atoms with Crippen molar-refractivity contribution in [2.75, 3.05) is 7.05 Å². The fourth-order valence-corrected chi connectivity index (χ4v) is 1.53. The van der Waals surface area contributed by atoms with Gasteiger partial charge in [-0.05, 0) is 17.7 Å². The Morgan fingerprint density at radius 3 is 2.00 bits per heavy atom. The van der Waals surface area contributed by atoms with E-state index in [0.29, 0.717) is 0 Å². The Morgan fingerprint density at radius 1 is 0.947 bits per heavy atom. The highest BCUT2D eigenvalue weighted by molar-refractivity contribution is 5.98. The molecule has 0 saturated heterocycles. The maximum absolute atomic E-state index is 3.89. The summed E-state index contributed by atoms with van der Waals surface area (Å²) in [6, 6.07) is 9.89. The number of rotatable bonds is 6. The summed E-state index contributed by atoms with van der Waals surface area (Å²) in [7, 11) is 1.60. The maximum atomic E-state index is 3.89. The SMILES string of the molecule is CCCCCCC.CN=N/N=C(\C)c1ccccc1. The van der Waals surface area contributed by atoms with Crippen LogP contribution in [-0.4, -0.2) is 12.8 Å². The second kappa shape index (κ2) is 12.9. The number of nitrogens with zero attached hydrogens (tertiary/aromatic N) is 3. The minimum absolute atomic E-state index is 0.876. The molecule has 0 bridgehead atoms. The van der Waals surface area contributed by atoms with Crippen LogP contribution in [0.25, 0.3) is 0 Å². The van der Waals surface area contributed by atoms with Gasteiger partial charge in [-0.3, -0.25) is 0 Å². The van der Waals surface area contributed by atoms with Crippen molar-refractivity contribution in [2.45, 2.75) is 52.9 Å². The lowest BCUT2D eigenvalue weighted by Gasteiger charge is -1.95. The van der Waals surface area contributed by atoms with Crippen molar-refractivity contribution in [3.05, 3.63) is 35.9 Å². The van der Waals surface area contributed by atoms with Crippen molar-refractivity contribution >= 4 is 5.71 Å². The summed E-state index contributed by atoms with van der Waals surface area (Å²) in [5, 5.41) is 11.0. The smallest absolute Gasteiger partial charge is 0.0689 e. The molecule has 0 aromatic heterocycles. The molecule has 1 aromatic rings. The second-order valence-electron chi connectivity index (χ2n) is 4.40. The number of benzene rings is 1. The molecule has 0 saturated carbocycles. The van der Waals surface area contributed by atoms with Gasteiger partial charge in [0.1, 0.15) is 0 Å². The van der Waals surface area contributed by atoms with Gasteiger partial charge in [-0.1, -0.05) is 76.3 Å². The van der Waals surface area contributed by atoms with Crippen LogP contribution in [0, 0.1) is 0 Å². The zero-order valence-corrected chi connectivity index (χ0v) is 12.8. The standard InChI is InChI=1S/C9H11N3.C7H16/c1-8(11-12-10-2)9-6-4-3-5-7-9;1-3-5-7-6-4-2/h3-7H,1-2H3;3-7H2,1-2H3/b11-8+,12-10?;. The van der Waals surface area contributed by atoms with Crippen LogP contribution in [-0.2, 0) is 0 Å². The van der Waals surface area contributed by atoms with E-state index in [0.717, 1.165) is 11.3 Å². The third-order valence-electron chi connectivity index (χ3n) is 2.68. The predicted octanol–water partition coefficient (Wildman–Crippen LogP) is 5.47. The number of unbranched alkanes of at least 4 members (excludes halogenated alkanes) is 4. The summed E-state index contributed by atoms with van der Waals surface area (Å²) in [5.74, 6) is 0. The van der Waals surface area contributed by atoms with Crippen molar-refractivity contribution < 1.29 is 0 Å². The Morgan fingerprint density at radius 2 is 1.53 bits per heavy atom. The third kappa shape index (κ3) is 10.1. The fraction of sp³-hybridized carbons (Fsp3) is 0.562. The van der Waals surface area contributed by atoms with E-state index < -0.39 is 0 Å². The van der Waals surface area contributed by atoms with Gasteiger partial charge in [-0.25, -0.2) is 0 Å². The molecular formula is C16H27N3. The molecule has 3 nitrogen and oxygen atoms in total. The normalized spacial score (nSPS) is 11.3. The van der Waals surface area contributed by atoms with Crippen LogP contribution in [0.15, 0.2) is 45.8 Å². The summed E-state index contributed by atoms with van der Waals surface area (Å²) < 4.78 is 0. The lowest BCUT2D eigenvalue weighted by atomic mass is 10.1. The van der Waals surface area contributed by atoms with Crippen molar-refractivity contribution in [3.8, 4) is 0 Å². The number of hydrogen-bond acceptors (Lipinski definition) is 2. The fourth-order valence-electron chi connectivity index (χ4n) is 1.53. The average Bonchev–Trinajstić information content (AvgIpc) is 2.47. The van der Waals surface area contributed by atoms with Crippen LogP contribution in [0.5, 0.6) is 0 Å². The third-order valence-corrected chi connectivity index (χ3v) is 2.68. The topological polar surface area (TPSA) is 37.1 Å². The van der Waals surface area contributed by atoms with E-state index in [-0.39, 0.29) is 0 Å².